The molecule has 10 aromatic rings. The SMILES string of the molecule is c1cc(-c2ccc(N(c3ccccc3-c3ccc4c(c3)oc3ccccc34)c3cccc4ccccc34)cc2)cc(-c2ccc3ccccc3c2)c1. The molecular formula is C50H33NO. The van der Waals surface area contributed by atoms with Crippen LogP contribution in [0.5, 0.6) is 0 Å². The minimum Gasteiger partial charge on any atom is -0.456 e. The van der Waals surface area contributed by atoms with Crippen LogP contribution in [0.1, 0.15) is 0 Å². The minimum atomic E-state index is 0.889. The van der Waals surface area contributed by atoms with Crippen LogP contribution in [0.25, 0.3) is 76.9 Å². The van der Waals surface area contributed by atoms with Crippen LogP contribution in [0.4, 0.5) is 17.1 Å². The molecule has 0 N–H and O–H groups in total. The molecule has 0 atom stereocenters. The van der Waals surface area contributed by atoms with Gasteiger partial charge in [0.25, 0.3) is 0 Å². The normalized spacial score (nSPS) is 11.5. The van der Waals surface area contributed by atoms with Crippen LogP contribution in [-0.4, -0.2) is 0 Å². The molecule has 10 rings (SSSR count). The van der Waals surface area contributed by atoms with Gasteiger partial charge in [-0.05, 0) is 98.6 Å². The zero-order valence-corrected chi connectivity index (χ0v) is 28.4. The third-order valence-corrected chi connectivity index (χ3v) is 10.2. The van der Waals surface area contributed by atoms with Crippen molar-refractivity contribution in [1.29, 1.82) is 0 Å². The summed E-state index contributed by atoms with van der Waals surface area (Å²) in [4.78, 5) is 2.40. The van der Waals surface area contributed by atoms with Crippen LogP contribution >= 0.6 is 0 Å². The zero-order valence-electron chi connectivity index (χ0n) is 28.4. The number of furan rings is 1. The maximum atomic E-state index is 6.34. The van der Waals surface area contributed by atoms with Gasteiger partial charge in [-0.1, -0.05) is 146 Å². The maximum absolute atomic E-state index is 6.34. The summed E-state index contributed by atoms with van der Waals surface area (Å²) in [6, 6.07) is 71.8. The monoisotopic (exact) mass is 663 g/mol. The van der Waals surface area contributed by atoms with E-state index in [0.717, 1.165) is 50.1 Å². The van der Waals surface area contributed by atoms with E-state index in [1.165, 1.54) is 43.8 Å². The number of anilines is 3. The van der Waals surface area contributed by atoms with Gasteiger partial charge in [0.2, 0.25) is 0 Å². The van der Waals surface area contributed by atoms with E-state index in [4.69, 9.17) is 4.42 Å². The lowest BCUT2D eigenvalue weighted by Gasteiger charge is -2.29. The van der Waals surface area contributed by atoms with Crippen molar-refractivity contribution < 1.29 is 4.42 Å². The minimum absolute atomic E-state index is 0.889. The van der Waals surface area contributed by atoms with E-state index in [1.54, 1.807) is 0 Å². The predicted octanol–water partition coefficient (Wildman–Crippen LogP) is 14.4. The fraction of sp³-hybridized carbons (Fsp3) is 0. The van der Waals surface area contributed by atoms with Gasteiger partial charge in [-0.25, -0.2) is 0 Å². The Morgan fingerprint density at radius 1 is 0.308 bits per heavy atom. The van der Waals surface area contributed by atoms with Gasteiger partial charge in [-0.15, -0.1) is 0 Å². The first-order valence-electron chi connectivity index (χ1n) is 17.8. The molecule has 0 aliphatic heterocycles. The first-order chi connectivity index (χ1) is 25.8. The Bertz CT molecular complexity index is 2910. The molecule has 244 valence electrons. The molecule has 1 heterocycles. The Morgan fingerprint density at radius 3 is 1.79 bits per heavy atom. The molecule has 0 spiro atoms. The zero-order chi connectivity index (χ0) is 34.4. The van der Waals surface area contributed by atoms with Crippen molar-refractivity contribution in [2.45, 2.75) is 0 Å². The molecule has 52 heavy (non-hydrogen) atoms. The lowest BCUT2D eigenvalue weighted by molar-refractivity contribution is 0.669. The largest absolute Gasteiger partial charge is 0.456 e. The molecule has 0 radical (unpaired) electrons. The lowest BCUT2D eigenvalue weighted by Crippen LogP contribution is -2.11. The highest BCUT2D eigenvalue weighted by Gasteiger charge is 2.20. The predicted molar refractivity (Wildman–Crippen MR) is 220 cm³/mol. The number of rotatable bonds is 6. The van der Waals surface area contributed by atoms with Crippen LogP contribution in [0.2, 0.25) is 0 Å². The van der Waals surface area contributed by atoms with Crippen molar-refractivity contribution in [3.63, 3.8) is 0 Å². The average Bonchev–Trinajstić information content (AvgIpc) is 3.59. The first kappa shape index (κ1) is 30.0. The van der Waals surface area contributed by atoms with Gasteiger partial charge in [0.05, 0.1) is 11.4 Å². The lowest BCUT2D eigenvalue weighted by atomic mass is 9.96. The third-order valence-electron chi connectivity index (χ3n) is 10.2. The van der Waals surface area contributed by atoms with Gasteiger partial charge in [-0.3, -0.25) is 0 Å². The quantitative estimate of drug-likeness (QED) is 0.176. The van der Waals surface area contributed by atoms with Crippen LogP contribution in [0.15, 0.2) is 205 Å². The second kappa shape index (κ2) is 12.5. The van der Waals surface area contributed by atoms with Crippen molar-refractivity contribution in [2.75, 3.05) is 4.90 Å². The van der Waals surface area contributed by atoms with Gasteiger partial charge in [0.1, 0.15) is 11.2 Å². The molecule has 0 unspecified atom stereocenters. The van der Waals surface area contributed by atoms with Crippen molar-refractivity contribution >= 4 is 60.5 Å². The van der Waals surface area contributed by atoms with Crippen molar-refractivity contribution in [1.82, 2.24) is 0 Å². The summed E-state index contributed by atoms with van der Waals surface area (Å²) in [5.74, 6) is 0. The number of para-hydroxylation sites is 2. The van der Waals surface area contributed by atoms with E-state index >= 15 is 0 Å². The molecule has 2 heteroatoms. The fourth-order valence-corrected chi connectivity index (χ4v) is 7.67. The Kier molecular flexibility index (Phi) is 7.18. The van der Waals surface area contributed by atoms with Crippen LogP contribution < -0.4 is 4.90 Å². The fourth-order valence-electron chi connectivity index (χ4n) is 7.67. The summed E-state index contributed by atoms with van der Waals surface area (Å²) in [6.07, 6.45) is 0. The number of benzene rings is 9. The Labute approximate surface area is 302 Å². The molecule has 0 saturated carbocycles. The highest BCUT2D eigenvalue weighted by Crippen LogP contribution is 2.44. The van der Waals surface area contributed by atoms with E-state index in [-0.39, 0.29) is 0 Å². The molecule has 0 saturated heterocycles. The smallest absolute Gasteiger partial charge is 0.136 e. The van der Waals surface area contributed by atoms with E-state index in [9.17, 15) is 0 Å². The van der Waals surface area contributed by atoms with Crippen molar-refractivity contribution in [2.24, 2.45) is 0 Å². The third kappa shape index (κ3) is 5.21. The van der Waals surface area contributed by atoms with E-state index < -0.39 is 0 Å². The Hall–Kier alpha value is -6.90. The van der Waals surface area contributed by atoms with Crippen LogP contribution in [0, 0.1) is 0 Å². The van der Waals surface area contributed by atoms with Gasteiger partial charge in [-0.2, -0.15) is 0 Å². The Morgan fingerprint density at radius 2 is 0.904 bits per heavy atom. The Balaban J connectivity index is 1.09. The molecule has 0 fully saturated rings. The summed E-state index contributed by atoms with van der Waals surface area (Å²) in [7, 11) is 0. The highest BCUT2D eigenvalue weighted by atomic mass is 16.3. The maximum Gasteiger partial charge on any atom is 0.136 e. The number of fused-ring (bicyclic) bond motifs is 5. The van der Waals surface area contributed by atoms with E-state index in [2.05, 4.69) is 193 Å². The van der Waals surface area contributed by atoms with Crippen molar-refractivity contribution in [3.05, 3.63) is 200 Å². The average molecular weight is 664 g/mol. The molecule has 0 aliphatic rings. The van der Waals surface area contributed by atoms with Crippen LogP contribution in [-0.2, 0) is 0 Å². The van der Waals surface area contributed by atoms with Gasteiger partial charge in [0.15, 0.2) is 0 Å². The molecule has 0 amide bonds. The number of hydrogen-bond donors (Lipinski definition) is 0. The molecule has 0 bridgehead atoms. The molecule has 9 aromatic carbocycles. The summed E-state index contributed by atoms with van der Waals surface area (Å²) < 4.78 is 6.34. The molecular weight excluding hydrogens is 631 g/mol. The van der Waals surface area contributed by atoms with Gasteiger partial charge >= 0.3 is 0 Å². The standard InChI is InChI=1S/C50H33NO/c1-2-13-37-32-40(24-23-34(37)11-1)39-16-9-15-38(31-39)35-25-28-42(29-26-35)51(48-21-10-14-36-12-3-4-17-43(36)48)47-20-7-5-18-44(47)41-27-30-46-45-19-6-8-22-49(45)52-50(46)33-41/h1-33H. The summed E-state index contributed by atoms with van der Waals surface area (Å²) >= 11 is 0. The summed E-state index contributed by atoms with van der Waals surface area (Å²) in [5.41, 5.74) is 12.1. The molecule has 0 aliphatic carbocycles. The van der Waals surface area contributed by atoms with E-state index in [0.29, 0.717) is 0 Å². The van der Waals surface area contributed by atoms with E-state index in [1.807, 2.05) is 12.1 Å². The first-order valence-corrected chi connectivity index (χ1v) is 17.8. The number of nitrogens with zero attached hydrogens (tertiary/aromatic N) is 1. The second-order valence-electron chi connectivity index (χ2n) is 13.3. The number of hydrogen-bond acceptors (Lipinski definition) is 2. The molecule has 1 aromatic heterocycles. The molecule has 2 nitrogen and oxygen atoms in total. The second-order valence-corrected chi connectivity index (χ2v) is 13.3. The van der Waals surface area contributed by atoms with Crippen molar-refractivity contribution in [3.8, 4) is 33.4 Å². The van der Waals surface area contributed by atoms with Gasteiger partial charge in [0, 0.05) is 27.4 Å². The van der Waals surface area contributed by atoms with Crippen LogP contribution in [0.3, 0.4) is 0 Å². The van der Waals surface area contributed by atoms with Gasteiger partial charge < -0.3 is 9.32 Å². The summed E-state index contributed by atoms with van der Waals surface area (Å²) in [6.45, 7) is 0. The highest BCUT2D eigenvalue weighted by molar-refractivity contribution is 6.07. The summed E-state index contributed by atoms with van der Waals surface area (Å²) in [5, 5.41) is 7.17. The topological polar surface area (TPSA) is 16.4 Å².